The molecular weight excluding hydrogens is 482 g/mol. The number of Topliss-reactive ketones (excluding diaryl/α,β-unsaturated/α-hetero) is 1. The summed E-state index contributed by atoms with van der Waals surface area (Å²) in [6.45, 7) is 3.88. The first kappa shape index (κ1) is 25.6. The second-order valence-electron chi connectivity index (χ2n) is 9.50. The number of amides is 4. The van der Waals surface area contributed by atoms with E-state index in [0.717, 1.165) is 21.6 Å². The average molecular weight is 510 g/mol. The van der Waals surface area contributed by atoms with Crippen molar-refractivity contribution in [3.63, 3.8) is 0 Å². The maximum atomic E-state index is 13.0. The number of piperidine rings is 1. The molecule has 36 heavy (non-hydrogen) atoms. The Balaban J connectivity index is 1.38. The highest BCUT2D eigenvalue weighted by Gasteiger charge is 2.46. The molecule has 2 aromatic rings. The number of likely N-dealkylation sites (tertiary alicyclic amines) is 1. The zero-order valence-corrected chi connectivity index (χ0v) is 20.9. The summed E-state index contributed by atoms with van der Waals surface area (Å²) in [6, 6.07) is 11.3. The molecule has 0 saturated carbocycles. The molecule has 2 fully saturated rings. The first-order valence-electron chi connectivity index (χ1n) is 11.9. The average Bonchev–Trinajstić information content (AvgIpc) is 3.09. The van der Waals surface area contributed by atoms with Gasteiger partial charge in [-0.3, -0.25) is 34.2 Å². The smallest absolute Gasteiger partial charge is 0.252 e. The molecule has 2 aliphatic heterocycles. The SMILES string of the molecule is Cc1ccc(CC(=O)C[C@@H](C)c2cccc(NC3CC(=O)N(C4CCC(=O)NC4=O)C3=O)c2)cc1Cl. The van der Waals surface area contributed by atoms with Crippen LogP contribution < -0.4 is 10.6 Å². The molecule has 0 aliphatic carbocycles. The molecule has 2 saturated heterocycles. The number of halogens is 1. The van der Waals surface area contributed by atoms with Gasteiger partial charge in [0.1, 0.15) is 17.9 Å². The molecule has 0 bridgehead atoms. The van der Waals surface area contributed by atoms with E-state index in [0.29, 0.717) is 23.6 Å². The zero-order chi connectivity index (χ0) is 26.0. The Bertz CT molecular complexity index is 1240. The summed E-state index contributed by atoms with van der Waals surface area (Å²) >= 11 is 6.17. The molecule has 2 aromatic carbocycles. The lowest BCUT2D eigenvalue weighted by Gasteiger charge is -2.28. The lowest BCUT2D eigenvalue weighted by atomic mass is 9.93. The van der Waals surface area contributed by atoms with Crippen LogP contribution in [0, 0.1) is 6.92 Å². The highest BCUT2D eigenvalue weighted by atomic mass is 35.5. The molecule has 2 unspecified atom stereocenters. The fourth-order valence-corrected chi connectivity index (χ4v) is 4.86. The van der Waals surface area contributed by atoms with Gasteiger partial charge in [-0.1, -0.05) is 42.8 Å². The summed E-state index contributed by atoms with van der Waals surface area (Å²) in [5, 5.41) is 5.93. The summed E-state index contributed by atoms with van der Waals surface area (Å²) in [7, 11) is 0. The fraction of sp³-hybridized carbons (Fsp3) is 0.370. The van der Waals surface area contributed by atoms with Crippen LogP contribution in [0.3, 0.4) is 0 Å². The summed E-state index contributed by atoms with van der Waals surface area (Å²) in [5.74, 6) is -1.92. The number of hydrogen-bond donors (Lipinski definition) is 2. The topological polar surface area (TPSA) is 113 Å². The van der Waals surface area contributed by atoms with Crippen LogP contribution in [0.4, 0.5) is 5.69 Å². The van der Waals surface area contributed by atoms with Gasteiger partial charge in [0, 0.05) is 30.0 Å². The molecule has 8 nitrogen and oxygen atoms in total. The van der Waals surface area contributed by atoms with E-state index in [2.05, 4.69) is 10.6 Å². The van der Waals surface area contributed by atoms with Gasteiger partial charge < -0.3 is 5.32 Å². The van der Waals surface area contributed by atoms with E-state index in [9.17, 15) is 24.0 Å². The minimum absolute atomic E-state index is 0.0546. The Labute approximate surface area is 214 Å². The number of rotatable bonds is 8. The van der Waals surface area contributed by atoms with Crippen LogP contribution in [0.1, 0.15) is 55.2 Å². The molecule has 2 N–H and O–H groups in total. The zero-order valence-electron chi connectivity index (χ0n) is 20.2. The number of anilines is 1. The largest absolute Gasteiger partial charge is 0.373 e. The van der Waals surface area contributed by atoms with Gasteiger partial charge in [-0.05, 0) is 54.2 Å². The molecule has 9 heteroatoms. The number of benzene rings is 2. The number of hydrogen-bond acceptors (Lipinski definition) is 6. The van der Waals surface area contributed by atoms with Crippen LogP contribution in [0.2, 0.25) is 5.02 Å². The lowest BCUT2D eigenvalue weighted by molar-refractivity contribution is -0.150. The monoisotopic (exact) mass is 509 g/mol. The number of ketones is 1. The van der Waals surface area contributed by atoms with Gasteiger partial charge in [0.25, 0.3) is 5.91 Å². The second kappa shape index (κ2) is 10.6. The van der Waals surface area contributed by atoms with Gasteiger partial charge in [0.15, 0.2) is 0 Å². The molecular formula is C27H28ClN3O5. The van der Waals surface area contributed by atoms with Gasteiger partial charge in [-0.15, -0.1) is 0 Å². The van der Waals surface area contributed by atoms with Crippen LogP contribution in [0.5, 0.6) is 0 Å². The van der Waals surface area contributed by atoms with Crippen molar-refractivity contribution >= 4 is 46.7 Å². The van der Waals surface area contributed by atoms with E-state index < -0.39 is 35.7 Å². The van der Waals surface area contributed by atoms with Crippen LogP contribution in [0.25, 0.3) is 0 Å². The third-order valence-corrected chi connectivity index (χ3v) is 7.08. The number of nitrogens with one attached hydrogen (secondary N) is 2. The summed E-state index contributed by atoms with van der Waals surface area (Å²) < 4.78 is 0. The molecule has 0 spiro atoms. The molecule has 0 radical (unpaired) electrons. The number of aryl methyl sites for hydroxylation is 1. The first-order chi connectivity index (χ1) is 17.1. The van der Waals surface area contributed by atoms with Crippen LogP contribution in [-0.2, 0) is 30.4 Å². The van der Waals surface area contributed by atoms with Gasteiger partial charge >= 0.3 is 0 Å². The van der Waals surface area contributed by atoms with Gasteiger partial charge in [0.2, 0.25) is 17.7 Å². The van der Waals surface area contributed by atoms with E-state index >= 15 is 0 Å². The maximum Gasteiger partial charge on any atom is 0.252 e. The lowest BCUT2D eigenvalue weighted by Crippen LogP contribution is -2.54. The van der Waals surface area contributed by atoms with Crippen molar-refractivity contribution in [2.45, 2.75) is 64.0 Å². The predicted octanol–water partition coefficient (Wildman–Crippen LogP) is 3.30. The van der Waals surface area contributed by atoms with E-state index in [1.807, 2.05) is 50.2 Å². The highest BCUT2D eigenvalue weighted by molar-refractivity contribution is 6.31. The van der Waals surface area contributed by atoms with Crippen molar-refractivity contribution in [1.82, 2.24) is 10.2 Å². The van der Waals surface area contributed by atoms with Gasteiger partial charge in [-0.25, -0.2) is 0 Å². The number of carbonyl (C=O) groups is 5. The van der Waals surface area contributed by atoms with Gasteiger partial charge in [0.05, 0.1) is 6.42 Å². The van der Waals surface area contributed by atoms with Crippen LogP contribution in [0.15, 0.2) is 42.5 Å². The summed E-state index contributed by atoms with van der Waals surface area (Å²) in [6.07, 6.45) is 0.788. The quantitative estimate of drug-likeness (QED) is 0.528. The van der Waals surface area contributed by atoms with E-state index in [1.54, 1.807) is 6.07 Å². The van der Waals surface area contributed by atoms with E-state index in [4.69, 9.17) is 11.6 Å². The highest BCUT2D eigenvalue weighted by Crippen LogP contribution is 2.27. The third-order valence-electron chi connectivity index (χ3n) is 6.67. The maximum absolute atomic E-state index is 13.0. The Morgan fingerprint density at radius 1 is 1.17 bits per heavy atom. The third kappa shape index (κ3) is 5.65. The van der Waals surface area contributed by atoms with Crippen molar-refractivity contribution in [2.24, 2.45) is 0 Å². The molecule has 2 aliphatic rings. The van der Waals surface area contributed by atoms with Crippen molar-refractivity contribution in [3.05, 3.63) is 64.2 Å². The molecule has 188 valence electrons. The Hall–Kier alpha value is -3.52. The minimum atomic E-state index is -0.963. The molecule has 0 aromatic heterocycles. The van der Waals surface area contributed by atoms with E-state index in [-0.39, 0.29) is 31.0 Å². The van der Waals surface area contributed by atoms with E-state index in [1.165, 1.54) is 0 Å². The second-order valence-corrected chi connectivity index (χ2v) is 9.91. The van der Waals surface area contributed by atoms with Crippen LogP contribution in [-0.4, -0.2) is 46.4 Å². The minimum Gasteiger partial charge on any atom is -0.373 e. The summed E-state index contributed by atoms with van der Waals surface area (Å²) in [4.78, 5) is 62.7. The number of carbonyl (C=O) groups excluding carboxylic acids is 5. The van der Waals surface area contributed by atoms with Crippen molar-refractivity contribution in [2.75, 3.05) is 5.32 Å². The fourth-order valence-electron chi connectivity index (χ4n) is 4.66. The van der Waals surface area contributed by atoms with Gasteiger partial charge in [-0.2, -0.15) is 0 Å². The molecule has 4 amide bonds. The summed E-state index contributed by atoms with van der Waals surface area (Å²) in [5.41, 5.74) is 3.42. The molecule has 4 rings (SSSR count). The standard InChI is InChI=1S/C27H28ClN3O5/c1-15-6-7-17(12-21(15)28)11-20(32)10-16(2)18-4-3-5-19(13-18)29-22-14-25(34)31(27(22)36)23-8-9-24(33)30-26(23)35/h3-7,12-13,16,22-23,29H,8-11,14H2,1-2H3,(H,30,33,35)/t16-,22?,23?/m1/s1. The molecule has 3 atom stereocenters. The number of nitrogens with zero attached hydrogens (tertiary/aromatic N) is 1. The Kier molecular flexibility index (Phi) is 7.54. The van der Waals surface area contributed by atoms with Crippen molar-refractivity contribution in [1.29, 1.82) is 0 Å². The van der Waals surface area contributed by atoms with Crippen LogP contribution >= 0.6 is 11.6 Å². The molecule has 2 heterocycles. The predicted molar refractivity (Wildman–Crippen MR) is 134 cm³/mol. The normalized spacial score (nSPS) is 20.9. The Morgan fingerprint density at radius 3 is 2.67 bits per heavy atom. The van der Waals surface area contributed by atoms with Crippen molar-refractivity contribution in [3.8, 4) is 0 Å². The van der Waals surface area contributed by atoms with Crippen molar-refractivity contribution < 1.29 is 24.0 Å². The first-order valence-corrected chi connectivity index (χ1v) is 12.3. The number of imide groups is 2. The Morgan fingerprint density at radius 2 is 1.94 bits per heavy atom.